The van der Waals surface area contributed by atoms with Gasteiger partial charge in [0.15, 0.2) is 5.16 Å². The van der Waals surface area contributed by atoms with Crippen molar-refractivity contribution in [2.75, 3.05) is 29.9 Å². The van der Waals surface area contributed by atoms with Gasteiger partial charge in [0, 0.05) is 24.9 Å². The summed E-state index contributed by atoms with van der Waals surface area (Å²) in [7, 11) is 0. The van der Waals surface area contributed by atoms with E-state index in [1.807, 2.05) is 13.8 Å². The Morgan fingerprint density at radius 2 is 1.80 bits per heavy atom. The molecular weight excluding hydrogens is 274 g/mol. The van der Waals surface area contributed by atoms with Crippen LogP contribution in [0.25, 0.3) is 0 Å². The molecule has 0 saturated heterocycles. The molecule has 2 N–H and O–H groups in total. The third-order valence-corrected chi connectivity index (χ3v) is 4.11. The molecule has 1 heterocycles. The first-order chi connectivity index (χ1) is 9.51. The fourth-order valence-corrected chi connectivity index (χ4v) is 2.35. The van der Waals surface area contributed by atoms with Crippen LogP contribution in [0, 0.1) is 0 Å². The van der Waals surface area contributed by atoms with Crippen LogP contribution in [-0.2, 0) is 0 Å². The second-order valence-corrected chi connectivity index (χ2v) is 5.85. The number of thioether (sulfide) groups is 1. The highest BCUT2D eigenvalue weighted by Crippen LogP contribution is 2.24. The van der Waals surface area contributed by atoms with Gasteiger partial charge in [0.1, 0.15) is 0 Å². The number of aromatic nitrogens is 3. The smallest absolute Gasteiger partial charge is 0.231 e. The highest BCUT2D eigenvalue weighted by molar-refractivity contribution is 7.99. The zero-order valence-electron chi connectivity index (χ0n) is 12.9. The molecule has 2 unspecified atom stereocenters. The molecule has 6 nitrogen and oxygen atoms in total. The van der Waals surface area contributed by atoms with Crippen molar-refractivity contribution in [2.45, 2.75) is 51.1 Å². The van der Waals surface area contributed by atoms with E-state index in [9.17, 15) is 5.11 Å². The van der Waals surface area contributed by atoms with Gasteiger partial charge in [0.05, 0.1) is 6.10 Å². The molecule has 0 bridgehead atoms. The first-order valence-electron chi connectivity index (χ1n) is 7.11. The van der Waals surface area contributed by atoms with Gasteiger partial charge in [-0.15, -0.1) is 0 Å². The summed E-state index contributed by atoms with van der Waals surface area (Å²) in [4.78, 5) is 15.4. The summed E-state index contributed by atoms with van der Waals surface area (Å²) in [5.41, 5.74) is 0. The SMILES string of the molecule is CCNc1nc(SC(C)C(C)O)nc(N(CC)CC)n1. The quantitative estimate of drug-likeness (QED) is 0.711. The fraction of sp³-hybridized carbons (Fsp3) is 0.769. The second-order valence-electron chi connectivity index (χ2n) is 4.51. The molecule has 0 radical (unpaired) electrons. The Morgan fingerprint density at radius 3 is 2.30 bits per heavy atom. The lowest BCUT2D eigenvalue weighted by Crippen LogP contribution is -2.25. The molecule has 20 heavy (non-hydrogen) atoms. The third kappa shape index (κ3) is 4.79. The minimum atomic E-state index is -0.406. The molecule has 0 aromatic carbocycles. The molecule has 0 aliphatic carbocycles. The molecule has 0 aliphatic rings. The van der Waals surface area contributed by atoms with Crippen molar-refractivity contribution >= 4 is 23.7 Å². The number of rotatable bonds is 8. The van der Waals surface area contributed by atoms with Gasteiger partial charge >= 0.3 is 0 Å². The molecule has 0 spiro atoms. The van der Waals surface area contributed by atoms with E-state index in [2.05, 4.69) is 39.0 Å². The van der Waals surface area contributed by atoms with E-state index in [0.717, 1.165) is 19.6 Å². The Balaban J connectivity index is 3.03. The van der Waals surface area contributed by atoms with Crippen LogP contribution in [0.5, 0.6) is 0 Å². The highest BCUT2D eigenvalue weighted by atomic mass is 32.2. The summed E-state index contributed by atoms with van der Waals surface area (Å²) in [6.07, 6.45) is -0.406. The number of anilines is 2. The largest absolute Gasteiger partial charge is 0.392 e. The predicted molar refractivity (Wildman–Crippen MR) is 84.6 cm³/mol. The Morgan fingerprint density at radius 1 is 1.15 bits per heavy atom. The minimum absolute atomic E-state index is 0.0384. The third-order valence-electron chi connectivity index (χ3n) is 2.95. The average molecular weight is 299 g/mol. The van der Waals surface area contributed by atoms with Crippen molar-refractivity contribution in [1.29, 1.82) is 0 Å². The molecule has 7 heteroatoms. The first kappa shape index (κ1) is 17.0. The molecule has 0 fully saturated rings. The van der Waals surface area contributed by atoms with Gasteiger partial charge in [-0.25, -0.2) is 0 Å². The summed E-state index contributed by atoms with van der Waals surface area (Å²) in [5.74, 6) is 1.27. The van der Waals surface area contributed by atoms with Crippen molar-refractivity contribution in [1.82, 2.24) is 15.0 Å². The van der Waals surface area contributed by atoms with Crippen molar-refractivity contribution in [3.63, 3.8) is 0 Å². The second kappa shape index (κ2) is 8.26. The number of hydrogen-bond acceptors (Lipinski definition) is 7. The van der Waals surface area contributed by atoms with Gasteiger partial charge in [-0.05, 0) is 27.7 Å². The maximum absolute atomic E-state index is 9.61. The van der Waals surface area contributed by atoms with E-state index < -0.39 is 6.10 Å². The molecule has 1 aromatic heterocycles. The average Bonchev–Trinajstić information content (AvgIpc) is 2.40. The molecule has 0 amide bonds. The molecule has 1 rings (SSSR count). The molecule has 1 aromatic rings. The lowest BCUT2D eigenvalue weighted by Gasteiger charge is -2.20. The molecular formula is C13H25N5OS. The minimum Gasteiger partial charge on any atom is -0.392 e. The van der Waals surface area contributed by atoms with Gasteiger partial charge in [-0.2, -0.15) is 15.0 Å². The van der Waals surface area contributed by atoms with E-state index in [-0.39, 0.29) is 5.25 Å². The van der Waals surface area contributed by atoms with Crippen molar-refractivity contribution in [2.24, 2.45) is 0 Å². The van der Waals surface area contributed by atoms with Crippen molar-refractivity contribution in [3.8, 4) is 0 Å². The zero-order chi connectivity index (χ0) is 15.1. The van der Waals surface area contributed by atoms with E-state index in [0.29, 0.717) is 17.1 Å². The number of nitrogens with one attached hydrogen (secondary N) is 1. The lowest BCUT2D eigenvalue weighted by atomic mass is 10.3. The van der Waals surface area contributed by atoms with Gasteiger partial charge in [0.2, 0.25) is 11.9 Å². The zero-order valence-corrected chi connectivity index (χ0v) is 13.7. The number of nitrogens with zero attached hydrogens (tertiary/aromatic N) is 4. The van der Waals surface area contributed by atoms with E-state index in [1.165, 1.54) is 11.8 Å². The summed E-state index contributed by atoms with van der Waals surface area (Å²) >= 11 is 1.47. The van der Waals surface area contributed by atoms with Crippen LogP contribution in [0.15, 0.2) is 5.16 Å². The van der Waals surface area contributed by atoms with Crippen LogP contribution in [0.2, 0.25) is 0 Å². The van der Waals surface area contributed by atoms with Gasteiger partial charge in [-0.1, -0.05) is 18.7 Å². The Labute approximate surface area is 125 Å². The van der Waals surface area contributed by atoms with Crippen LogP contribution in [0.4, 0.5) is 11.9 Å². The molecule has 0 saturated carbocycles. The lowest BCUT2D eigenvalue weighted by molar-refractivity contribution is 0.196. The molecule has 114 valence electrons. The molecule has 0 aliphatic heterocycles. The summed E-state index contributed by atoms with van der Waals surface area (Å²) in [6.45, 7) is 12.4. The van der Waals surface area contributed by atoms with Gasteiger partial charge in [-0.3, -0.25) is 0 Å². The van der Waals surface area contributed by atoms with E-state index in [4.69, 9.17) is 0 Å². The first-order valence-corrected chi connectivity index (χ1v) is 7.99. The normalized spacial score (nSPS) is 13.9. The van der Waals surface area contributed by atoms with E-state index >= 15 is 0 Å². The van der Waals surface area contributed by atoms with Crippen LogP contribution >= 0.6 is 11.8 Å². The number of hydrogen-bond donors (Lipinski definition) is 2. The summed E-state index contributed by atoms with van der Waals surface area (Å²) in [6, 6.07) is 0. The maximum atomic E-state index is 9.61. The van der Waals surface area contributed by atoms with Crippen molar-refractivity contribution < 1.29 is 5.11 Å². The standard InChI is InChI=1S/C13H25N5OS/c1-6-14-11-15-12(18(7-2)8-3)17-13(16-11)20-10(5)9(4)19/h9-10,19H,6-8H2,1-5H3,(H,14,15,16,17). The van der Waals surface area contributed by atoms with Crippen LogP contribution in [0.3, 0.4) is 0 Å². The summed E-state index contributed by atoms with van der Waals surface area (Å²) < 4.78 is 0. The fourth-order valence-electron chi connectivity index (χ4n) is 1.55. The molecule has 2 atom stereocenters. The van der Waals surface area contributed by atoms with Crippen LogP contribution in [-0.4, -0.2) is 51.0 Å². The van der Waals surface area contributed by atoms with Crippen LogP contribution < -0.4 is 10.2 Å². The highest BCUT2D eigenvalue weighted by Gasteiger charge is 2.16. The van der Waals surface area contributed by atoms with E-state index in [1.54, 1.807) is 6.92 Å². The van der Waals surface area contributed by atoms with Gasteiger partial charge < -0.3 is 15.3 Å². The maximum Gasteiger partial charge on any atom is 0.231 e. The van der Waals surface area contributed by atoms with Gasteiger partial charge in [0.25, 0.3) is 0 Å². The Hall–Kier alpha value is -1.08. The predicted octanol–water partition coefficient (Wildman–Crippen LogP) is 2.01. The Kier molecular flexibility index (Phi) is 7.01. The summed E-state index contributed by atoms with van der Waals surface area (Å²) in [5, 5.41) is 13.4. The van der Waals surface area contributed by atoms with Crippen molar-refractivity contribution in [3.05, 3.63) is 0 Å². The van der Waals surface area contributed by atoms with Crippen LogP contribution in [0.1, 0.15) is 34.6 Å². The number of aliphatic hydroxyl groups excluding tert-OH is 1. The monoisotopic (exact) mass is 299 g/mol. The topological polar surface area (TPSA) is 74.2 Å². The Bertz CT molecular complexity index is 412. The number of aliphatic hydroxyl groups is 1.